The molecule has 5 heteroatoms. The fourth-order valence-corrected chi connectivity index (χ4v) is 5.70. The van der Waals surface area contributed by atoms with Crippen molar-refractivity contribution in [2.75, 3.05) is 20.7 Å². The van der Waals surface area contributed by atoms with E-state index in [1.807, 2.05) is 0 Å². The Bertz CT molecular complexity index is 733. The number of likely N-dealkylation sites (tertiary alicyclic amines) is 1. The Morgan fingerprint density at radius 1 is 1.48 bits per heavy atom. The van der Waals surface area contributed by atoms with Crippen LogP contribution in [-0.2, 0) is 16.6 Å². The Labute approximate surface area is 134 Å². The van der Waals surface area contributed by atoms with Gasteiger partial charge in [0, 0.05) is 29.5 Å². The van der Waals surface area contributed by atoms with Gasteiger partial charge in [-0.3, -0.25) is 4.79 Å². The third-order valence-electron chi connectivity index (χ3n) is 6.67. The Hall–Kier alpha value is -1.62. The molecule has 1 saturated heterocycles. The number of nitrogens with zero attached hydrogens (tertiary/aromatic N) is 1. The molecule has 2 heterocycles. The highest BCUT2D eigenvalue weighted by Gasteiger charge is 2.66. The monoisotopic (exact) mass is 317 g/mol. The van der Waals surface area contributed by atoms with Crippen LogP contribution in [0.3, 0.4) is 0 Å². The lowest BCUT2D eigenvalue weighted by atomic mass is 9.51. The number of halogens is 1. The predicted octanol–water partition coefficient (Wildman–Crippen LogP) is 2.07. The molecule has 2 aliphatic carbocycles. The number of hydrogen-bond donors (Lipinski definition) is 0. The number of piperidine rings is 1. The molecule has 4 aliphatic rings. The van der Waals surface area contributed by atoms with Crippen molar-refractivity contribution in [3.63, 3.8) is 0 Å². The lowest BCUT2D eigenvalue weighted by Crippen LogP contribution is -2.65. The minimum atomic E-state index is -0.456. The molecule has 0 aromatic heterocycles. The third-order valence-corrected chi connectivity index (χ3v) is 6.67. The van der Waals surface area contributed by atoms with Gasteiger partial charge in [0.2, 0.25) is 0 Å². The van der Waals surface area contributed by atoms with Crippen molar-refractivity contribution in [3.05, 3.63) is 23.0 Å². The van der Waals surface area contributed by atoms with Crippen molar-refractivity contribution < 1.29 is 18.7 Å². The zero-order valence-corrected chi connectivity index (χ0v) is 13.4. The number of benzene rings is 1. The lowest BCUT2D eigenvalue weighted by Gasteiger charge is -2.57. The van der Waals surface area contributed by atoms with E-state index in [2.05, 4.69) is 11.9 Å². The number of ketones is 1. The van der Waals surface area contributed by atoms with Gasteiger partial charge in [0.1, 0.15) is 5.82 Å². The Morgan fingerprint density at radius 2 is 2.30 bits per heavy atom. The molecule has 0 amide bonds. The predicted molar refractivity (Wildman–Crippen MR) is 81.5 cm³/mol. The van der Waals surface area contributed by atoms with E-state index in [1.54, 1.807) is 0 Å². The molecule has 2 bridgehead atoms. The lowest BCUT2D eigenvalue weighted by molar-refractivity contribution is -0.138. The van der Waals surface area contributed by atoms with Gasteiger partial charge in [-0.15, -0.1) is 0 Å². The van der Waals surface area contributed by atoms with Crippen LogP contribution in [0.1, 0.15) is 30.4 Å². The summed E-state index contributed by atoms with van der Waals surface area (Å²) in [4.78, 5) is 15.0. The van der Waals surface area contributed by atoms with Crippen molar-refractivity contribution >= 4 is 5.78 Å². The normalized spacial score (nSPS) is 37.3. The van der Waals surface area contributed by atoms with Crippen molar-refractivity contribution in [2.24, 2.45) is 5.92 Å². The second-order valence-electron chi connectivity index (χ2n) is 7.40. The highest BCUT2D eigenvalue weighted by atomic mass is 19.1. The third kappa shape index (κ3) is 1.43. The number of rotatable bonds is 1. The van der Waals surface area contributed by atoms with E-state index in [0.29, 0.717) is 36.3 Å². The Balaban J connectivity index is 1.84. The second-order valence-corrected chi connectivity index (χ2v) is 7.40. The fraction of sp³-hybridized carbons (Fsp3) is 0.611. The molecule has 23 heavy (non-hydrogen) atoms. The molecule has 1 saturated carbocycles. The summed E-state index contributed by atoms with van der Waals surface area (Å²) in [5.41, 5.74) is 1.35. The molecule has 4 atom stereocenters. The quantitative estimate of drug-likeness (QED) is 0.795. The molecular formula is C18H20FNO3. The smallest absolute Gasteiger partial charge is 0.174 e. The number of methoxy groups -OCH3 is 1. The highest BCUT2D eigenvalue weighted by molar-refractivity contribution is 5.89. The highest BCUT2D eigenvalue weighted by Crippen LogP contribution is 2.63. The van der Waals surface area contributed by atoms with Gasteiger partial charge in [0.25, 0.3) is 0 Å². The minimum Gasteiger partial charge on any atom is -0.493 e. The van der Waals surface area contributed by atoms with Gasteiger partial charge in [-0.2, -0.15) is 0 Å². The van der Waals surface area contributed by atoms with Crippen LogP contribution in [0.4, 0.5) is 4.39 Å². The first kappa shape index (κ1) is 13.8. The van der Waals surface area contributed by atoms with Gasteiger partial charge >= 0.3 is 0 Å². The average molecular weight is 317 g/mol. The molecule has 2 fully saturated rings. The standard InChI is InChI=1S/C18H20FNO3/c1-20-6-5-18-10-3-4-13(21)17(18)23-16-14(22-2)8-11(19)9(15(16)18)7-12(10)20/h8,10,12,17H,3-7H2,1-2H3/t10-,12+,17-,18-/m0/s1. The molecule has 4 nitrogen and oxygen atoms in total. The van der Waals surface area contributed by atoms with Gasteiger partial charge in [0.15, 0.2) is 23.4 Å². The number of hydrogen-bond acceptors (Lipinski definition) is 4. The van der Waals surface area contributed by atoms with E-state index in [-0.39, 0.29) is 17.0 Å². The van der Waals surface area contributed by atoms with Crippen LogP contribution < -0.4 is 9.47 Å². The van der Waals surface area contributed by atoms with Gasteiger partial charge in [-0.25, -0.2) is 4.39 Å². The number of Topliss-reactive ketones (excluding diaryl/α,β-unsaturated/α-hetero) is 1. The molecule has 1 spiro atoms. The van der Waals surface area contributed by atoms with Crippen molar-refractivity contribution in [1.82, 2.24) is 4.90 Å². The van der Waals surface area contributed by atoms with Crippen LogP contribution in [0.5, 0.6) is 11.5 Å². The summed E-state index contributed by atoms with van der Waals surface area (Å²) in [6, 6.07) is 1.71. The SMILES string of the molecule is COc1cc(F)c2c3c1O[C@H]1C(=O)CC[C@H]4[C@@H](C2)N(C)CC[C@]314. The van der Waals surface area contributed by atoms with Crippen molar-refractivity contribution in [2.45, 2.75) is 43.2 Å². The van der Waals surface area contributed by atoms with Gasteiger partial charge in [0.05, 0.1) is 7.11 Å². The molecule has 1 aromatic carbocycles. The van der Waals surface area contributed by atoms with Gasteiger partial charge < -0.3 is 14.4 Å². The molecule has 2 aliphatic heterocycles. The van der Waals surface area contributed by atoms with E-state index < -0.39 is 6.10 Å². The maximum absolute atomic E-state index is 14.8. The molecule has 1 aromatic rings. The maximum Gasteiger partial charge on any atom is 0.174 e. The summed E-state index contributed by atoms with van der Waals surface area (Å²) in [5, 5.41) is 0. The molecular weight excluding hydrogens is 297 g/mol. The molecule has 0 unspecified atom stereocenters. The molecule has 122 valence electrons. The first-order valence-electron chi connectivity index (χ1n) is 8.37. The van der Waals surface area contributed by atoms with Crippen molar-refractivity contribution in [1.29, 1.82) is 0 Å². The van der Waals surface area contributed by atoms with Crippen LogP contribution in [0.2, 0.25) is 0 Å². The van der Waals surface area contributed by atoms with Gasteiger partial charge in [-0.1, -0.05) is 0 Å². The first-order valence-corrected chi connectivity index (χ1v) is 8.37. The zero-order chi connectivity index (χ0) is 15.9. The fourth-order valence-electron chi connectivity index (χ4n) is 5.70. The average Bonchev–Trinajstić information content (AvgIpc) is 2.89. The summed E-state index contributed by atoms with van der Waals surface area (Å²) < 4.78 is 26.3. The summed E-state index contributed by atoms with van der Waals surface area (Å²) in [7, 11) is 3.65. The number of likely N-dealkylation sites (N-methyl/N-ethyl adjacent to an activating group) is 1. The van der Waals surface area contributed by atoms with E-state index in [9.17, 15) is 9.18 Å². The maximum atomic E-state index is 14.8. The van der Waals surface area contributed by atoms with Crippen LogP contribution in [0, 0.1) is 11.7 Å². The van der Waals surface area contributed by atoms with E-state index in [4.69, 9.17) is 9.47 Å². The summed E-state index contributed by atoms with van der Waals surface area (Å²) >= 11 is 0. The number of carbonyl (C=O) groups is 1. The van der Waals surface area contributed by atoms with Crippen molar-refractivity contribution in [3.8, 4) is 11.5 Å². The Kier molecular flexibility index (Phi) is 2.55. The molecule has 0 radical (unpaired) electrons. The second kappa shape index (κ2) is 4.26. The molecule has 5 rings (SSSR count). The van der Waals surface area contributed by atoms with Crippen LogP contribution in [0.15, 0.2) is 6.07 Å². The van der Waals surface area contributed by atoms with E-state index in [1.165, 1.54) is 13.2 Å². The summed E-state index contributed by atoms with van der Waals surface area (Å²) in [6.45, 7) is 0.923. The number of carbonyl (C=O) groups excluding carboxylic acids is 1. The molecule has 0 N–H and O–H groups in total. The van der Waals surface area contributed by atoms with Crippen LogP contribution in [-0.4, -0.2) is 43.5 Å². The largest absolute Gasteiger partial charge is 0.493 e. The first-order chi connectivity index (χ1) is 11.1. The summed E-state index contributed by atoms with van der Waals surface area (Å²) in [5.74, 6) is 1.35. The van der Waals surface area contributed by atoms with Crippen LogP contribution in [0.25, 0.3) is 0 Å². The van der Waals surface area contributed by atoms with E-state index in [0.717, 1.165) is 30.5 Å². The zero-order valence-electron chi connectivity index (χ0n) is 13.4. The number of ether oxygens (including phenoxy) is 2. The van der Waals surface area contributed by atoms with E-state index >= 15 is 0 Å². The minimum absolute atomic E-state index is 0.163. The summed E-state index contributed by atoms with van der Waals surface area (Å²) in [6.07, 6.45) is 2.54. The topological polar surface area (TPSA) is 38.8 Å². The Morgan fingerprint density at radius 3 is 3.09 bits per heavy atom. The van der Waals surface area contributed by atoms with Crippen LogP contribution >= 0.6 is 0 Å². The van der Waals surface area contributed by atoms with Gasteiger partial charge in [-0.05, 0) is 44.3 Å².